The third-order valence-electron chi connectivity index (χ3n) is 19.4. The van der Waals surface area contributed by atoms with Crippen LogP contribution in [0.4, 0.5) is 72.9 Å². The maximum atomic E-state index is 12.3. The molecule has 9 aromatic rings. The summed E-state index contributed by atoms with van der Waals surface area (Å²) in [5, 5.41) is 36.9. The number of rotatable bonds is 20. The molecule has 0 aliphatic carbocycles. The van der Waals surface area contributed by atoms with Crippen LogP contribution in [-0.4, -0.2) is 249 Å². The fraction of sp³-hybridized carbons (Fsp3) is 0.583. The van der Waals surface area contributed by atoms with Crippen molar-refractivity contribution in [1.29, 1.82) is 0 Å². The van der Waals surface area contributed by atoms with Crippen molar-refractivity contribution in [3.8, 4) is 0 Å². The van der Waals surface area contributed by atoms with Crippen LogP contribution >= 0.6 is 11.6 Å². The molecule has 9 aromatic heterocycles. The summed E-state index contributed by atoms with van der Waals surface area (Å²) in [7, 11) is -1.02. The quantitative estimate of drug-likeness (QED) is 0.00785. The molecule has 0 atom stereocenters. The normalized spacial score (nSPS) is 13.9. The van der Waals surface area contributed by atoms with Crippen LogP contribution in [0.2, 0.25) is 30.8 Å². The van der Waals surface area contributed by atoms with Gasteiger partial charge in [-0.15, -0.1) is 0 Å². The molecule has 0 saturated carbocycles. The maximum absolute atomic E-state index is 12.3. The number of Topliss-reactive ketones (excluding diaryl/α,β-unsaturated/α-hetero) is 1. The Labute approximate surface area is 807 Å². The largest absolute Gasteiger partial charge is 1.00 e. The third-order valence-corrected chi connectivity index (χ3v) is 21.4. The second-order valence-electron chi connectivity index (χ2n) is 35.0. The summed E-state index contributed by atoms with van der Waals surface area (Å²) in [6, 6.07) is 4.96. The van der Waals surface area contributed by atoms with Gasteiger partial charge in [0.1, 0.15) is 87.3 Å². The molecule has 0 saturated heterocycles. The van der Waals surface area contributed by atoms with Gasteiger partial charge in [-0.1, -0.05) is 64.5 Å². The number of nitrogens with zero attached hydrogens (tertiary/aromatic N) is 14. The maximum Gasteiger partial charge on any atom is 1.00 e. The molecule has 0 aromatic carbocycles. The molecule has 5 aliphatic heterocycles. The zero-order valence-electron chi connectivity index (χ0n) is 78.3. The number of amides is 5. The van der Waals surface area contributed by atoms with Gasteiger partial charge in [-0.05, 0) is 93.8 Å². The Morgan fingerprint density at radius 2 is 0.986 bits per heavy atom. The van der Waals surface area contributed by atoms with E-state index in [1.165, 1.54) is 33.4 Å². The van der Waals surface area contributed by atoms with E-state index in [1.807, 2.05) is 48.6 Å². The number of aromatic nitrogens is 11. The minimum atomic E-state index is -4.36. The summed E-state index contributed by atoms with van der Waals surface area (Å²) >= 11 is 5.99. The van der Waals surface area contributed by atoms with Crippen LogP contribution in [0.15, 0.2) is 59.8 Å². The number of H-pyrrole nitrogens is 1. The van der Waals surface area contributed by atoms with E-state index in [2.05, 4.69) is 92.0 Å². The summed E-state index contributed by atoms with van der Waals surface area (Å²) in [4.78, 5) is 121. The number of aromatic carboxylic acids is 1. The Hall–Kier alpha value is -11.5. The van der Waals surface area contributed by atoms with Crippen LogP contribution in [0.3, 0.4) is 0 Å². The van der Waals surface area contributed by atoms with Crippen molar-refractivity contribution < 1.29 is 172 Å². The SMILES string of the molecule is C.CC(C)(C)OC(=O)N1CCc2onc(C(=O)NCCC(F)(F)F)c2C1.CC(C)(C)OC(=O)N1CCc2onc(C(=O)O)c2C1.CCOC(=O)c1noc2c1CN(C(=O)OC(C)(C)C)CC2.C[Si](C)(C)CCOCn1ccc2c(Cl)ncnc21.NCCC(F)(F)F.O.O=C(CCCC(F)(F)F)c1noc2c1CN(c1ncnc3[nH]ccc13)CC2.O=C(NCCC(F)(F)F)c1noc2c1CNCC2.[Li+].[OH-]. The smallest absolute Gasteiger partial charge is 0.870 e. The number of alkyl halides is 12. The monoisotopic (exact) mass is 2020 g/mol. The van der Waals surface area contributed by atoms with E-state index in [0.29, 0.717) is 146 Å². The molecule has 14 rings (SSSR count). The van der Waals surface area contributed by atoms with Crippen molar-refractivity contribution in [2.75, 3.05) is 70.5 Å². The van der Waals surface area contributed by atoms with Crippen LogP contribution in [0, 0.1) is 0 Å². The standard InChI is InChI=1S/C17H16F3N5O2.C15H20F3N3O4.C14H20N2O5.C12H18ClN3OSi.C12H16N2O5.C10H12F3N3O2.C3H6F3N.CH4.Li.2H2O/c18-17(19,20)5-1-2-12(26)14-11-8-25(7-4-13(11)27-24-14)16-10-3-6-21-15(10)22-9-23-16;1-14(2,3)24-13(23)21-7-4-10-9(8-21)11(20-25-10)12(22)19-6-5-15(16,17)18;1-5-19-12(17)11-9-8-16(7-6-10(9)21-15-11)13(18)20-14(2,3)4;1-18(2,3)7-6-17-9-16-5-4-10-11(13)14-8-15-12(10)16;1-12(2,3)18-11(17)14-5-4-8-7(6-14)9(10(15)16)13-19-8;11-10(12,13)2-4-15-9(17)8-6-5-14-3-1-7(6)18-16-8;4-3(5,6)1-2-7;;;;/h3,6,9H,1-2,4-5,7-8H2,(H,21,22,23);4-8H2,1-3H3,(H,19,22);5-8H2,1-4H3;4-5,8H,6-7,9H2,1-3H3;4-6H2,1-3H3,(H,15,16);14H,1-5H2,(H,15,17);1-2,7H2;1H4;;2*1H2/q;;;;;;;;+1;;/p-1. The molecule has 0 bridgehead atoms. The van der Waals surface area contributed by atoms with Gasteiger partial charge in [-0.3, -0.25) is 14.4 Å². The first-order valence-electron chi connectivity index (χ1n) is 42.5. The predicted octanol–water partition coefficient (Wildman–Crippen LogP) is 11.8. The van der Waals surface area contributed by atoms with Gasteiger partial charge in [0.25, 0.3) is 11.8 Å². The summed E-state index contributed by atoms with van der Waals surface area (Å²) < 4.78 is 196. The van der Waals surface area contributed by atoms with Gasteiger partial charge in [0, 0.05) is 159 Å². The number of carboxylic acid groups (broad SMARTS) is 1. The van der Waals surface area contributed by atoms with Gasteiger partial charge in [0.2, 0.25) is 0 Å². The van der Waals surface area contributed by atoms with Crippen LogP contribution in [0.5, 0.6) is 0 Å². The van der Waals surface area contributed by atoms with E-state index >= 15 is 0 Å². The molecule has 0 radical (unpaired) electrons. The number of nitrogens with two attached hydrogens (primary N) is 1. The molecule has 0 unspecified atom stereocenters. The number of nitrogens with one attached hydrogen (secondary N) is 4. The molecule has 14 heterocycles. The number of ketones is 1. The summed E-state index contributed by atoms with van der Waals surface area (Å²) in [6.45, 7) is 28.8. The van der Waals surface area contributed by atoms with E-state index in [1.54, 1.807) is 54.7 Å². The number of esters is 1. The fourth-order valence-electron chi connectivity index (χ4n) is 13.0. The summed E-state index contributed by atoms with van der Waals surface area (Å²) in [5.41, 5.74) is 7.11. The Bertz CT molecular complexity index is 5500. The average Bonchev–Trinajstić information content (AvgIpc) is 1.65. The molecule has 139 heavy (non-hydrogen) atoms. The first-order chi connectivity index (χ1) is 63.0. The van der Waals surface area contributed by atoms with E-state index < -0.39 is 136 Å². The number of carbonyl (C=O) groups excluding carboxylic acids is 7. The van der Waals surface area contributed by atoms with Gasteiger partial charge < -0.3 is 113 Å². The van der Waals surface area contributed by atoms with Crippen LogP contribution in [-0.2, 0) is 95.2 Å². The number of hydrogen-bond acceptors (Lipinski definition) is 31. The van der Waals surface area contributed by atoms with Gasteiger partial charge >= 0.3 is 73.8 Å². The number of ether oxygens (including phenoxy) is 5. The van der Waals surface area contributed by atoms with Crippen molar-refractivity contribution in [2.24, 2.45) is 5.73 Å². The van der Waals surface area contributed by atoms with Crippen molar-refractivity contribution in [3.63, 3.8) is 0 Å². The molecule has 55 heteroatoms. The first-order valence-corrected chi connectivity index (χ1v) is 46.6. The third kappa shape index (κ3) is 38.2. The van der Waals surface area contributed by atoms with E-state index in [0.717, 1.165) is 35.4 Å². The van der Waals surface area contributed by atoms with Gasteiger partial charge in [-0.25, -0.2) is 43.9 Å². The minimum Gasteiger partial charge on any atom is -0.870 e. The van der Waals surface area contributed by atoms with Crippen molar-refractivity contribution >= 4 is 95.4 Å². The minimum absolute atomic E-state index is 0. The molecule has 40 nitrogen and oxygen atoms in total. The molecule has 5 amide bonds. The average molecular weight is 2030 g/mol. The Kier molecular flexibility index (Phi) is 44.9. The summed E-state index contributed by atoms with van der Waals surface area (Å²) in [6.07, 6.45) is -13.9. The van der Waals surface area contributed by atoms with Crippen molar-refractivity contribution in [2.45, 2.75) is 254 Å². The number of fused-ring (bicyclic) bond motifs is 7. The number of hydrogen-bond donors (Lipinski definition) is 6. The fourth-order valence-corrected chi connectivity index (χ4v) is 13.9. The van der Waals surface area contributed by atoms with Crippen LogP contribution < -0.4 is 45.4 Å². The molecule has 10 N–H and O–H groups in total. The van der Waals surface area contributed by atoms with E-state index in [4.69, 9.17) is 63.0 Å². The van der Waals surface area contributed by atoms with Gasteiger partial charge in [-0.2, -0.15) is 52.7 Å². The Morgan fingerprint density at radius 3 is 1.44 bits per heavy atom. The number of anilines is 1. The molecular weight excluding hydrogens is 1910 g/mol. The zero-order valence-corrected chi connectivity index (χ0v) is 80.0. The Balaban J connectivity index is 0.000000343. The first kappa shape index (κ1) is 120. The Morgan fingerprint density at radius 1 is 0.554 bits per heavy atom. The molecule has 768 valence electrons. The van der Waals surface area contributed by atoms with Gasteiger partial charge in [0.05, 0.1) is 62.8 Å². The number of halogens is 13. The second kappa shape index (κ2) is 52.1. The van der Waals surface area contributed by atoms with E-state index in [9.17, 15) is 91.0 Å². The van der Waals surface area contributed by atoms with Crippen LogP contribution in [0.1, 0.15) is 224 Å². The molecule has 5 aliphatic rings. The predicted molar refractivity (Wildman–Crippen MR) is 469 cm³/mol. The van der Waals surface area contributed by atoms with Crippen LogP contribution in [0.25, 0.3) is 22.1 Å². The zero-order chi connectivity index (χ0) is 99.9. The topological polar surface area (TPSA) is 542 Å². The molecule has 0 fully saturated rings. The van der Waals surface area contributed by atoms with Crippen molar-refractivity contribution in [3.05, 3.63) is 127 Å². The van der Waals surface area contributed by atoms with E-state index in [-0.39, 0.29) is 111 Å². The molecular formula is C84H115ClF12LiN19O21Si. The van der Waals surface area contributed by atoms with Crippen molar-refractivity contribution in [1.82, 2.24) is 85.9 Å². The van der Waals surface area contributed by atoms with Gasteiger partial charge in [0.15, 0.2) is 34.3 Å². The molecule has 0 spiro atoms. The number of carboxylic acids is 1. The number of carbonyl (C=O) groups is 8. The second-order valence-corrected chi connectivity index (χ2v) is 41.0. The number of aromatic amines is 1. The summed E-state index contributed by atoms with van der Waals surface area (Å²) in [5.74, 6) is 0.0253.